The van der Waals surface area contributed by atoms with Crippen molar-refractivity contribution >= 4 is 11.6 Å². The number of benzene rings is 1. The Hall–Kier alpha value is -1.62. The fraction of sp³-hybridized carbons (Fsp3) is 0.417. The molecule has 4 nitrogen and oxygen atoms in total. The number of amides is 1. The average molecular weight is 240 g/mol. The van der Waals surface area contributed by atoms with Gasteiger partial charge >= 0.3 is 0 Å². The van der Waals surface area contributed by atoms with E-state index in [1.807, 2.05) is 6.92 Å². The summed E-state index contributed by atoms with van der Waals surface area (Å²) in [4.78, 5) is 11.4. The van der Waals surface area contributed by atoms with Crippen molar-refractivity contribution in [3.05, 3.63) is 24.0 Å². The molecule has 2 N–H and O–H groups in total. The van der Waals surface area contributed by atoms with Crippen LogP contribution >= 0.6 is 0 Å². The second kappa shape index (κ2) is 6.85. The molecule has 0 radical (unpaired) electrons. The van der Waals surface area contributed by atoms with Gasteiger partial charge in [-0.25, -0.2) is 4.39 Å². The van der Waals surface area contributed by atoms with Crippen molar-refractivity contribution in [2.75, 3.05) is 25.0 Å². The number of carbonyl (C=O) groups is 1. The van der Waals surface area contributed by atoms with E-state index in [0.29, 0.717) is 18.8 Å². The smallest absolute Gasteiger partial charge is 0.238 e. The van der Waals surface area contributed by atoms with Crippen molar-refractivity contribution in [2.24, 2.45) is 0 Å². The minimum atomic E-state index is -0.479. The van der Waals surface area contributed by atoms with Crippen LogP contribution in [-0.4, -0.2) is 25.6 Å². The molecule has 0 spiro atoms. The lowest BCUT2D eigenvalue weighted by Gasteiger charge is -2.08. The molecule has 1 amide bonds. The van der Waals surface area contributed by atoms with Crippen LogP contribution in [0.4, 0.5) is 10.1 Å². The van der Waals surface area contributed by atoms with Crippen LogP contribution in [0.3, 0.4) is 0 Å². The predicted molar refractivity (Wildman–Crippen MR) is 64.7 cm³/mol. The molecule has 0 saturated heterocycles. The summed E-state index contributed by atoms with van der Waals surface area (Å²) in [5.41, 5.74) is 0.425. The largest absolute Gasteiger partial charge is 0.491 e. The number of anilines is 1. The van der Waals surface area contributed by atoms with E-state index in [2.05, 4.69) is 10.6 Å². The SMILES string of the molecule is CCNCC(=O)Nc1ccc(OCC)c(F)c1. The molecule has 0 aliphatic heterocycles. The second-order valence-corrected chi connectivity index (χ2v) is 3.41. The molecule has 0 fully saturated rings. The third kappa shape index (κ3) is 4.40. The number of halogens is 1. The van der Waals surface area contributed by atoms with Crippen LogP contribution in [-0.2, 0) is 4.79 Å². The normalized spacial score (nSPS) is 10.1. The predicted octanol–water partition coefficient (Wildman–Crippen LogP) is 1.77. The molecular weight excluding hydrogens is 223 g/mol. The maximum absolute atomic E-state index is 13.4. The van der Waals surface area contributed by atoms with Crippen LogP contribution in [0.2, 0.25) is 0 Å². The molecule has 94 valence electrons. The lowest BCUT2D eigenvalue weighted by atomic mass is 10.3. The van der Waals surface area contributed by atoms with Gasteiger partial charge in [0.15, 0.2) is 11.6 Å². The van der Waals surface area contributed by atoms with E-state index in [9.17, 15) is 9.18 Å². The van der Waals surface area contributed by atoms with Crippen molar-refractivity contribution in [1.29, 1.82) is 0 Å². The molecule has 0 atom stereocenters. The van der Waals surface area contributed by atoms with Gasteiger partial charge in [0.1, 0.15) is 0 Å². The van der Waals surface area contributed by atoms with Crippen molar-refractivity contribution < 1.29 is 13.9 Å². The van der Waals surface area contributed by atoms with Gasteiger partial charge in [0, 0.05) is 11.8 Å². The molecule has 0 unspecified atom stereocenters. The Morgan fingerprint density at radius 3 is 2.76 bits per heavy atom. The van der Waals surface area contributed by atoms with E-state index in [-0.39, 0.29) is 18.2 Å². The van der Waals surface area contributed by atoms with Gasteiger partial charge in [-0.1, -0.05) is 6.92 Å². The molecule has 5 heteroatoms. The Balaban J connectivity index is 2.60. The molecule has 0 saturated carbocycles. The third-order valence-electron chi connectivity index (χ3n) is 2.05. The van der Waals surface area contributed by atoms with Crippen LogP contribution in [0.1, 0.15) is 13.8 Å². The number of hydrogen-bond acceptors (Lipinski definition) is 3. The van der Waals surface area contributed by atoms with E-state index < -0.39 is 5.82 Å². The topological polar surface area (TPSA) is 50.4 Å². The summed E-state index contributed by atoms with van der Waals surface area (Å²) < 4.78 is 18.5. The first-order valence-electron chi connectivity index (χ1n) is 5.60. The first-order chi connectivity index (χ1) is 8.17. The zero-order valence-electron chi connectivity index (χ0n) is 10.0. The zero-order valence-corrected chi connectivity index (χ0v) is 10.0. The summed E-state index contributed by atoms with van der Waals surface area (Å²) in [7, 11) is 0. The molecular formula is C12H17FN2O2. The maximum atomic E-state index is 13.4. The number of hydrogen-bond donors (Lipinski definition) is 2. The lowest BCUT2D eigenvalue weighted by molar-refractivity contribution is -0.115. The minimum absolute atomic E-state index is 0.192. The first kappa shape index (κ1) is 13.4. The van der Waals surface area contributed by atoms with Crippen molar-refractivity contribution in [1.82, 2.24) is 5.32 Å². The van der Waals surface area contributed by atoms with Gasteiger partial charge in [-0.3, -0.25) is 4.79 Å². The average Bonchev–Trinajstić information content (AvgIpc) is 2.30. The summed E-state index contributed by atoms with van der Waals surface area (Å²) in [5, 5.41) is 5.47. The summed E-state index contributed by atoms with van der Waals surface area (Å²) in [6.07, 6.45) is 0. The molecule has 1 aromatic rings. The highest BCUT2D eigenvalue weighted by molar-refractivity contribution is 5.92. The highest BCUT2D eigenvalue weighted by Gasteiger charge is 2.06. The molecule has 17 heavy (non-hydrogen) atoms. The molecule has 1 rings (SSSR count). The van der Waals surface area contributed by atoms with Gasteiger partial charge in [0.25, 0.3) is 0 Å². The fourth-order valence-electron chi connectivity index (χ4n) is 1.29. The van der Waals surface area contributed by atoms with Crippen LogP contribution in [0.15, 0.2) is 18.2 Å². The molecule has 0 aliphatic rings. The van der Waals surface area contributed by atoms with Gasteiger partial charge in [-0.15, -0.1) is 0 Å². The van der Waals surface area contributed by atoms with Gasteiger partial charge in [0.2, 0.25) is 5.91 Å². The van der Waals surface area contributed by atoms with Crippen molar-refractivity contribution in [2.45, 2.75) is 13.8 Å². The Bertz CT molecular complexity index is 383. The Kier molecular flexibility index (Phi) is 5.42. The molecule has 1 aromatic carbocycles. The number of carbonyl (C=O) groups excluding carboxylic acids is 1. The summed E-state index contributed by atoms with van der Waals surface area (Å²) in [6.45, 7) is 5.02. The third-order valence-corrected chi connectivity index (χ3v) is 2.05. The number of nitrogens with one attached hydrogen (secondary N) is 2. The number of ether oxygens (including phenoxy) is 1. The molecule has 0 aliphatic carbocycles. The van der Waals surface area contributed by atoms with Crippen LogP contribution in [0.5, 0.6) is 5.75 Å². The zero-order chi connectivity index (χ0) is 12.7. The monoisotopic (exact) mass is 240 g/mol. The standard InChI is InChI=1S/C12H17FN2O2/c1-3-14-8-12(16)15-9-5-6-11(17-4-2)10(13)7-9/h5-7,14H,3-4,8H2,1-2H3,(H,15,16). The second-order valence-electron chi connectivity index (χ2n) is 3.41. The quantitative estimate of drug-likeness (QED) is 0.796. The van der Waals surface area contributed by atoms with Crippen molar-refractivity contribution in [3.63, 3.8) is 0 Å². The van der Waals surface area contributed by atoms with E-state index in [4.69, 9.17) is 4.74 Å². The first-order valence-corrected chi connectivity index (χ1v) is 5.60. The summed E-state index contributed by atoms with van der Waals surface area (Å²) in [6, 6.07) is 4.36. The Morgan fingerprint density at radius 1 is 1.41 bits per heavy atom. The van der Waals surface area contributed by atoms with Gasteiger partial charge in [-0.2, -0.15) is 0 Å². The molecule has 0 aromatic heterocycles. The van der Waals surface area contributed by atoms with Crippen LogP contribution in [0.25, 0.3) is 0 Å². The lowest BCUT2D eigenvalue weighted by Crippen LogP contribution is -2.27. The number of likely N-dealkylation sites (N-methyl/N-ethyl adjacent to an activating group) is 1. The number of rotatable bonds is 6. The summed E-state index contributed by atoms with van der Waals surface area (Å²) in [5.74, 6) is -0.485. The highest BCUT2D eigenvalue weighted by Crippen LogP contribution is 2.20. The van der Waals surface area contributed by atoms with E-state index in [0.717, 1.165) is 0 Å². The highest BCUT2D eigenvalue weighted by atomic mass is 19.1. The van der Waals surface area contributed by atoms with Gasteiger partial charge < -0.3 is 15.4 Å². The Labute approximate surface area is 100 Å². The molecule has 0 heterocycles. The van der Waals surface area contributed by atoms with Crippen molar-refractivity contribution in [3.8, 4) is 5.75 Å². The van der Waals surface area contributed by atoms with E-state index in [1.165, 1.54) is 12.1 Å². The van der Waals surface area contributed by atoms with Crippen LogP contribution < -0.4 is 15.4 Å². The Morgan fingerprint density at radius 2 is 2.18 bits per heavy atom. The van der Waals surface area contributed by atoms with Crippen LogP contribution in [0, 0.1) is 5.82 Å². The van der Waals surface area contributed by atoms with E-state index >= 15 is 0 Å². The van der Waals surface area contributed by atoms with Gasteiger partial charge in [-0.05, 0) is 25.6 Å². The maximum Gasteiger partial charge on any atom is 0.238 e. The van der Waals surface area contributed by atoms with Gasteiger partial charge in [0.05, 0.1) is 13.2 Å². The van der Waals surface area contributed by atoms with E-state index in [1.54, 1.807) is 13.0 Å². The minimum Gasteiger partial charge on any atom is -0.491 e. The summed E-state index contributed by atoms with van der Waals surface area (Å²) >= 11 is 0. The fourth-order valence-corrected chi connectivity index (χ4v) is 1.29. The molecule has 0 bridgehead atoms.